The van der Waals surface area contributed by atoms with Crippen molar-refractivity contribution in [2.24, 2.45) is 34.5 Å². The highest BCUT2D eigenvalue weighted by atomic mass is 79.9. The second-order valence-electron chi connectivity index (χ2n) is 7.24. The van der Waals surface area contributed by atoms with Gasteiger partial charge in [-0.25, -0.2) is 0 Å². The van der Waals surface area contributed by atoms with E-state index in [0.717, 1.165) is 11.4 Å². The summed E-state index contributed by atoms with van der Waals surface area (Å²) in [6, 6.07) is 3.28. The van der Waals surface area contributed by atoms with Crippen LogP contribution < -0.4 is 15.2 Å². The lowest BCUT2D eigenvalue weighted by molar-refractivity contribution is -0.140. The Labute approximate surface area is 175 Å². The molecule has 2 bridgehead atoms. The molecule has 3 amide bonds. The van der Waals surface area contributed by atoms with Crippen molar-refractivity contribution in [1.82, 2.24) is 5.01 Å². The van der Waals surface area contributed by atoms with Crippen molar-refractivity contribution in [3.8, 4) is 11.5 Å². The van der Waals surface area contributed by atoms with Gasteiger partial charge in [-0.05, 0) is 53.2 Å². The van der Waals surface area contributed by atoms with Crippen LogP contribution in [0.15, 0.2) is 33.9 Å². The molecule has 2 fully saturated rings. The minimum Gasteiger partial charge on any atom is -0.490 e. The van der Waals surface area contributed by atoms with E-state index in [9.17, 15) is 14.4 Å². The first kappa shape index (κ1) is 19.6. The van der Waals surface area contributed by atoms with Crippen molar-refractivity contribution in [1.29, 1.82) is 0 Å². The minimum absolute atomic E-state index is 0.139. The molecule has 1 aromatic rings. The molecule has 1 heterocycles. The molecular weight excluding hydrogens is 442 g/mol. The number of imide groups is 1. The molecular formula is C20H20BrN3O5. The van der Waals surface area contributed by atoms with Crippen molar-refractivity contribution >= 4 is 39.9 Å². The molecule has 0 radical (unpaired) electrons. The number of allylic oxidation sites excluding steroid dienone is 2. The number of carbonyl (C=O) groups excluding carboxylic acids is 3. The molecule has 3 aliphatic rings. The fourth-order valence-electron chi connectivity index (χ4n) is 4.30. The van der Waals surface area contributed by atoms with E-state index in [1.165, 1.54) is 6.21 Å². The summed E-state index contributed by atoms with van der Waals surface area (Å²) in [7, 11) is 0. The van der Waals surface area contributed by atoms with E-state index >= 15 is 0 Å². The summed E-state index contributed by atoms with van der Waals surface area (Å²) in [6.07, 6.45) is 6.40. The zero-order valence-electron chi connectivity index (χ0n) is 15.7. The number of fused-ring (bicyclic) bond motifs is 5. The van der Waals surface area contributed by atoms with Gasteiger partial charge in [-0.1, -0.05) is 12.2 Å². The molecule has 152 valence electrons. The average molecular weight is 462 g/mol. The number of carbonyl (C=O) groups is 3. The molecule has 2 N–H and O–H groups in total. The van der Waals surface area contributed by atoms with Gasteiger partial charge in [0.15, 0.2) is 18.1 Å². The van der Waals surface area contributed by atoms with E-state index in [4.69, 9.17) is 15.2 Å². The lowest BCUT2D eigenvalue weighted by Crippen LogP contribution is -2.28. The summed E-state index contributed by atoms with van der Waals surface area (Å²) < 4.78 is 11.5. The predicted molar refractivity (Wildman–Crippen MR) is 107 cm³/mol. The molecule has 1 saturated heterocycles. The van der Waals surface area contributed by atoms with Gasteiger partial charge in [0, 0.05) is 10.0 Å². The smallest absolute Gasteiger partial charge is 0.255 e. The van der Waals surface area contributed by atoms with E-state index in [2.05, 4.69) is 21.0 Å². The van der Waals surface area contributed by atoms with Crippen molar-refractivity contribution in [3.05, 3.63) is 34.3 Å². The zero-order valence-corrected chi connectivity index (χ0v) is 17.3. The van der Waals surface area contributed by atoms with E-state index in [1.54, 1.807) is 12.1 Å². The van der Waals surface area contributed by atoms with Gasteiger partial charge in [-0.3, -0.25) is 14.4 Å². The fraction of sp³-hybridized carbons (Fsp3) is 0.400. The molecule has 4 atom stereocenters. The number of hydrogen-bond donors (Lipinski definition) is 1. The standard InChI is InChI=1S/C20H20BrN3O5/c1-2-28-14-6-12(13(21)7-15(14)29-9-16(22)25)8-23-24-19(26)17-10-3-4-11(5-10)18(17)20(24)27/h3-4,6-8,10-11,17-18H,2,5,9H2,1H3,(H2,22,25)/t10-,11-,17-,18+/m0/s1. The Morgan fingerprint density at radius 2 is 1.83 bits per heavy atom. The second kappa shape index (κ2) is 7.62. The third kappa shape index (κ3) is 3.43. The quantitative estimate of drug-likeness (QED) is 0.378. The summed E-state index contributed by atoms with van der Waals surface area (Å²) in [5, 5.41) is 5.17. The largest absolute Gasteiger partial charge is 0.490 e. The van der Waals surface area contributed by atoms with Crippen LogP contribution in [0.5, 0.6) is 11.5 Å². The van der Waals surface area contributed by atoms with Crippen LogP contribution in [-0.2, 0) is 14.4 Å². The Morgan fingerprint density at radius 1 is 1.21 bits per heavy atom. The first-order valence-electron chi connectivity index (χ1n) is 9.38. The van der Waals surface area contributed by atoms with Gasteiger partial charge in [0.25, 0.3) is 17.7 Å². The van der Waals surface area contributed by atoms with Crippen LogP contribution in [0, 0.1) is 23.7 Å². The van der Waals surface area contributed by atoms with E-state index in [-0.39, 0.29) is 42.1 Å². The lowest BCUT2D eigenvalue weighted by Gasteiger charge is -2.14. The molecule has 8 nitrogen and oxygen atoms in total. The summed E-state index contributed by atoms with van der Waals surface area (Å²) >= 11 is 3.42. The maximum Gasteiger partial charge on any atom is 0.255 e. The molecule has 29 heavy (non-hydrogen) atoms. The second-order valence-corrected chi connectivity index (χ2v) is 8.10. The van der Waals surface area contributed by atoms with Crippen LogP contribution in [0.3, 0.4) is 0 Å². The predicted octanol–water partition coefficient (Wildman–Crippen LogP) is 1.85. The summed E-state index contributed by atoms with van der Waals surface area (Å²) in [6.45, 7) is 1.92. The number of nitrogens with zero attached hydrogens (tertiary/aromatic N) is 2. The summed E-state index contributed by atoms with van der Waals surface area (Å²) in [5.74, 6) is -0.639. The van der Waals surface area contributed by atoms with Crippen molar-refractivity contribution in [3.63, 3.8) is 0 Å². The van der Waals surface area contributed by atoms with Crippen LogP contribution in [0.25, 0.3) is 0 Å². The highest BCUT2D eigenvalue weighted by Gasteiger charge is 2.59. The molecule has 0 aromatic heterocycles. The monoisotopic (exact) mass is 461 g/mol. The van der Waals surface area contributed by atoms with Gasteiger partial charge in [0.2, 0.25) is 0 Å². The average Bonchev–Trinajstić information content (AvgIpc) is 3.35. The molecule has 1 aromatic carbocycles. The summed E-state index contributed by atoms with van der Waals surface area (Å²) in [5.41, 5.74) is 5.72. The molecule has 1 aliphatic heterocycles. The number of ether oxygens (including phenoxy) is 2. The molecule has 9 heteroatoms. The van der Waals surface area contributed by atoms with Crippen LogP contribution in [0.2, 0.25) is 0 Å². The third-order valence-electron chi connectivity index (χ3n) is 5.49. The van der Waals surface area contributed by atoms with Crippen LogP contribution in [0.1, 0.15) is 18.9 Å². The van der Waals surface area contributed by atoms with Crippen molar-refractivity contribution in [2.75, 3.05) is 13.2 Å². The number of nitrogens with two attached hydrogens (primary N) is 1. The van der Waals surface area contributed by atoms with E-state index in [1.807, 2.05) is 19.1 Å². The van der Waals surface area contributed by atoms with E-state index < -0.39 is 5.91 Å². The van der Waals surface area contributed by atoms with Gasteiger partial charge < -0.3 is 15.2 Å². The Hall–Kier alpha value is -2.68. The Bertz CT molecular complexity index is 914. The fourth-order valence-corrected chi connectivity index (χ4v) is 4.72. The number of amides is 3. The van der Waals surface area contributed by atoms with Gasteiger partial charge in [0.1, 0.15) is 0 Å². The Kier molecular flexibility index (Phi) is 5.16. The van der Waals surface area contributed by atoms with E-state index in [0.29, 0.717) is 28.1 Å². The minimum atomic E-state index is -0.603. The zero-order chi connectivity index (χ0) is 20.7. The first-order chi connectivity index (χ1) is 13.9. The van der Waals surface area contributed by atoms with Gasteiger partial charge in [-0.15, -0.1) is 0 Å². The molecule has 0 unspecified atom stereocenters. The van der Waals surface area contributed by atoms with Crippen LogP contribution in [0.4, 0.5) is 0 Å². The SMILES string of the molecule is CCOc1cc(C=NN2C(=O)[C@@H]3[C@H](C2=O)[C@H]2C=C[C@H]3C2)c(Br)cc1OCC(N)=O. The Morgan fingerprint density at radius 3 is 2.41 bits per heavy atom. The molecule has 0 spiro atoms. The maximum absolute atomic E-state index is 12.7. The molecule has 4 rings (SSSR count). The van der Waals surface area contributed by atoms with Gasteiger partial charge >= 0.3 is 0 Å². The molecule has 1 saturated carbocycles. The topological polar surface area (TPSA) is 111 Å². The number of hydrazone groups is 1. The van der Waals surface area contributed by atoms with Crippen molar-refractivity contribution < 1.29 is 23.9 Å². The highest BCUT2D eigenvalue weighted by molar-refractivity contribution is 9.10. The first-order valence-corrected chi connectivity index (χ1v) is 10.2. The highest BCUT2D eigenvalue weighted by Crippen LogP contribution is 2.52. The third-order valence-corrected chi connectivity index (χ3v) is 6.18. The normalized spacial score (nSPS) is 27.2. The number of primary amides is 1. The Balaban J connectivity index is 1.57. The number of hydrogen-bond acceptors (Lipinski definition) is 6. The lowest BCUT2D eigenvalue weighted by atomic mass is 9.85. The van der Waals surface area contributed by atoms with Crippen LogP contribution in [-0.4, -0.2) is 42.2 Å². The molecule has 2 aliphatic carbocycles. The number of rotatable bonds is 7. The van der Waals surface area contributed by atoms with Crippen LogP contribution >= 0.6 is 15.9 Å². The number of benzene rings is 1. The maximum atomic E-state index is 12.7. The number of halogens is 1. The van der Waals surface area contributed by atoms with Gasteiger partial charge in [-0.2, -0.15) is 10.1 Å². The summed E-state index contributed by atoms with van der Waals surface area (Å²) in [4.78, 5) is 36.4. The van der Waals surface area contributed by atoms with Crippen molar-refractivity contribution in [2.45, 2.75) is 13.3 Å². The van der Waals surface area contributed by atoms with Gasteiger partial charge in [0.05, 0.1) is 24.7 Å².